The predicted octanol–water partition coefficient (Wildman–Crippen LogP) is 2.57. The highest BCUT2D eigenvalue weighted by Gasteiger charge is 2.19. The van der Waals surface area contributed by atoms with Gasteiger partial charge in [-0.25, -0.2) is 4.39 Å². The van der Waals surface area contributed by atoms with Crippen molar-refractivity contribution in [1.82, 2.24) is 0 Å². The monoisotopic (exact) mass is 303 g/mol. The molecule has 0 radical (unpaired) electrons. The van der Waals surface area contributed by atoms with E-state index in [0.29, 0.717) is 29.4 Å². The summed E-state index contributed by atoms with van der Waals surface area (Å²) in [5, 5.41) is 9.03. The second-order valence-electron chi connectivity index (χ2n) is 3.91. The van der Waals surface area contributed by atoms with Crippen LogP contribution in [-0.4, -0.2) is 17.6 Å². The van der Waals surface area contributed by atoms with Gasteiger partial charge in [0.15, 0.2) is 0 Å². The maximum Gasteiger partial charge on any atom is 0.306 e. The molecule has 1 atom stereocenters. The number of carboxylic acids is 1. The molecule has 3 N–H and O–H groups in total. The molecule has 0 aliphatic rings. The van der Waals surface area contributed by atoms with Crippen LogP contribution in [0.15, 0.2) is 22.7 Å². The van der Waals surface area contributed by atoms with Crippen LogP contribution in [0, 0.1) is 11.7 Å². The number of aliphatic carboxylic acids is 1. The molecule has 0 aliphatic carbocycles. The molecule has 0 heterocycles. The fourth-order valence-corrected chi connectivity index (χ4v) is 1.96. The van der Waals surface area contributed by atoms with Crippen LogP contribution >= 0.6 is 15.9 Å². The van der Waals surface area contributed by atoms with E-state index in [-0.39, 0.29) is 12.2 Å². The molecule has 0 aromatic heterocycles. The van der Waals surface area contributed by atoms with Crippen molar-refractivity contribution in [3.63, 3.8) is 0 Å². The standard InChI is InChI=1S/C12H15BrFNO2/c13-10-4-3-8(11(14)7-10)6-9(12(16)17)2-1-5-15/h3-4,7,9H,1-2,5-6,15H2,(H,16,17). The Bertz CT molecular complexity index is 398. The Morgan fingerprint density at radius 1 is 1.53 bits per heavy atom. The molecule has 0 aliphatic heterocycles. The first-order chi connectivity index (χ1) is 8.04. The van der Waals surface area contributed by atoms with Crippen LogP contribution in [0.4, 0.5) is 4.39 Å². The Kier molecular flexibility index (Phi) is 5.58. The van der Waals surface area contributed by atoms with Crippen molar-refractivity contribution in [2.45, 2.75) is 19.3 Å². The van der Waals surface area contributed by atoms with Crippen LogP contribution in [0.25, 0.3) is 0 Å². The van der Waals surface area contributed by atoms with Crippen molar-refractivity contribution < 1.29 is 14.3 Å². The maximum absolute atomic E-state index is 13.5. The molecule has 0 amide bonds. The summed E-state index contributed by atoms with van der Waals surface area (Å²) >= 11 is 3.16. The topological polar surface area (TPSA) is 63.3 Å². The van der Waals surface area contributed by atoms with E-state index in [2.05, 4.69) is 15.9 Å². The Labute approximate surface area is 108 Å². The third-order valence-electron chi connectivity index (χ3n) is 2.59. The van der Waals surface area contributed by atoms with Gasteiger partial charge in [0.25, 0.3) is 0 Å². The van der Waals surface area contributed by atoms with Crippen molar-refractivity contribution in [3.05, 3.63) is 34.1 Å². The van der Waals surface area contributed by atoms with Gasteiger partial charge in [0.1, 0.15) is 5.82 Å². The average molecular weight is 304 g/mol. The first kappa shape index (κ1) is 14.1. The van der Waals surface area contributed by atoms with E-state index in [4.69, 9.17) is 10.8 Å². The first-order valence-corrected chi connectivity index (χ1v) is 6.20. The van der Waals surface area contributed by atoms with Crippen LogP contribution < -0.4 is 5.73 Å². The molecule has 5 heteroatoms. The molecule has 0 spiro atoms. The number of hydrogen-bond acceptors (Lipinski definition) is 2. The molecule has 17 heavy (non-hydrogen) atoms. The van der Waals surface area contributed by atoms with Crippen molar-refractivity contribution in [3.8, 4) is 0 Å². The minimum Gasteiger partial charge on any atom is -0.481 e. The number of benzene rings is 1. The van der Waals surface area contributed by atoms with Gasteiger partial charge in [0, 0.05) is 4.47 Å². The zero-order chi connectivity index (χ0) is 12.8. The fourth-order valence-electron chi connectivity index (χ4n) is 1.63. The van der Waals surface area contributed by atoms with E-state index >= 15 is 0 Å². The van der Waals surface area contributed by atoms with Crippen LogP contribution in [0.3, 0.4) is 0 Å². The van der Waals surface area contributed by atoms with Crippen molar-refractivity contribution >= 4 is 21.9 Å². The van der Waals surface area contributed by atoms with Crippen molar-refractivity contribution in [2.24, 2.45) is 11.7 Å². The number of carbonyl (C=O) groups is 1. The lowest BCUT2D eigenvalue weighted by Gasteiger charge is -2.12. The van der Waals surface area contributed by atoms with Gasteiger partial charge in [-0.15, -0.1) is 0 Å². The summed E-state index contributed by atoms with van der Waals surface area (Å²) in [7, 11) is 0. The summed E-state index contributed by atoms with van der Waals surface area (Å²) < 4.78 is 14.2. The third kappa shape index (κ3) is 4.44. The summed E-state index contributed by atoms with van der Waals surface area (Å²) in [6.45, 7) is 0.451. The van der Waals surface area contributed by atoms with E-state index < -0.39 is 11.9 Å². The highest BCUT2D eigenvalue weighted by molar-refractivity contribution is 9.10. The Balaban J connectivity index is 2.75. The van der Waals surface area contributed by atoms with Crippen molar-refractivity contribution in [2.75, 3.05) is 6.54 Å². The zero-order valence-corrected chi connectivity index (χ0v) is 10.9. The van der Waals surface area contributed by atoms with Crippen LogP contribution in [0.1, 0.15) is 18.4 Å². The minimum absolute atomic E-state index is 0.203. The Morgan fingerprint density at radius 3 is 2.76 bits per heavy atom. The highest BCUT2D eigenvalue weighted by Crippen LogP contribution is 2.20. The van der Waals surface area contributed by atoms with E-state index in [1.165, 1.54) is 6.07 Å². The lowest BCUT2D eigenvalue weighted by atomic mass is 9.94. The molecule has 1 aromatic carbocycles. The van der Waals surface area contributed by atoms with Gasteiger partial charge in [-0.1, -0.05) is 22.0 Å². The van der Waals surface area contributed by atoms with Gasteiger partial charge in [0.2, 0.25) is 0 Å². The second-order valence-corrected chi connectivity index (χ2v) is 4.82. The number of carboxylic acid groups (broad SMARTS) is 1. The number of rotatable bonds is 6. The van der Waals surface area contributed by atoms with Crippen LogP contribution in [-0.2, 0) is 11.2 Å². The Morgan fingerprint density at radius 2 is 2.24 bits per heavy atom. The molecular formula is C12H15BrFNO2. The van der Waals surface area contributed by atoms with E-state index in [9.17, 15) is 9.18 Å². The molecule has 0 bridgehead atoms. The van der Waals surface area contributed by atoms with E-state index in [0.717, 1.165) is 0 Å². The minimum atomic E-state index is -0.902. The summed E-state index contributed by atoms with van der Waals surface area (Å²) in [5.74, 6) is -1.85. The van der Waals surface area contributed by atoms with Gasteiger partial charge >= 0.3 is 5.97 Å². The Hall–Kier alpha value is -0.940. The van der Waals surface area contributed by atoms with Gasteiger partial charge < -0.3 is 10.8 Å². The zero-order valence-electron chi connectivity index (χ0n) is 9.33. The lowest BCUT2D eigenvalue weighted by molar-refractivity contribution is -0.141. The lowest BCUT2D eigenvalue weighted by Crippen LogP contribution is -2.18. The van der Waals surface area contributed by atoms with Crippen LogP contribution in [0.2, 0.25) is 0 Å². The third-order valence-corrected chi connectivity index (χ3v) is 3.08. The van der Waals surface area contributed by atoms with Gasteiger partial charge in [0.05, 0.1) is 5.92 Å². The molecule has 0 saturated heterocycles. The fraction of sp³-hybridized carbons (Fsp3) is 0.417. The summed E-state index contributed by atoms with van der Waals surface area (Å²) in [6, 6.07) is 4.66. The van der Waals surface area contributed by atoms with Gasteiger partial charge in [-0.3, -0.25) is 4.79 Å². The molecule has 3 nitrogen and oxygen atoms in total. The van der Waals surface area contributed by atoms with Crippen molar-refractivity contribution in [1.29, 1.82) is 0 Å². The molecule has 0 fully saturated rings. The largest absolute Gasteiger partial charge is 0.481 e. The average Bonchev–Trinajstić information content (AvgIpc) is 2.26. The quantitative estimate of drug-likeness (QED) is 0.849. The van der Waals surface area contributed by atoms with E-state index in [1.54, 1.807) is 12.1 Å². The van der Waals surface area contributed by atoms with Crippen LogP contribution in [0.5, 0.6) is 0 Å². The van der Waals surface area contributed by atoms with Gasteiger partial charge in [-0.2, -0.15) is 0 Å². The number of nitrogens with two attached hydrogens (primary N) is 1. The molecule has 1 rings (SSSR count). The summed E-state index contributed by atoms with van der Waals surface area (Å²) in [5.41, 5.74) is 5.78. The van der Waals surface area contributed by atoms with E-state index in [1.807, 2.05) is 0 Å². The number of hydrogen-bond donors (Lipinski definition) is 2. The normalized spacial score (nSPS) is 12.4. The maximum atomic E-state index is 13.5. The molecule has 94 valence electrons. The number of halogens is 2. The van der Waals surface area contributed by atoms with Gasteiger partial charge in [-0.05, 0) is 43.5 Å². The molecule has 1 aromatic rings. The molecular weight excluding hydrogens is 289 g/mol. The first-order valence-electron chi connectivity index (χ1n) is 5.41. The smallest absolute Gasteiger partial charge is 0.306 e. The highest BCUT2D eigenvalue weighted by atomic mass is 79.9. The summed E-state index contributed by atoms with van der Waals surface area (Å²) in [4.78, 5) is 11.0. The second kappa shape index (κ2) is 6.71. The molecule has 0 saturated carbocycles. The predicted molar refractivity (Wildman–Crippen MR) is 67.2 cm³/mol. The molecule has 1 unspecified atom stereocenters. The SMILES string of the molecule is NCCCC(Cc1ccc(Br)cc1F)C(=O)O. The summed E-state index contributed by atoms with van der Waals surface area (Å²) in [6.07, 6.45) is 1.31.